The minimum absolute atomic E-state index is 0.0674. The highest BCUT2D eigenvalue weighted by atomic mass is 19.1. The molecule has 2 N–H and O–H groups in total. The highest BCUT2D eigenvalue weighted by molar-refractivity contribution is 6.05. The Labute approximate surface area is 161 Å². The van der Waals surface area contributed by atoms with Crippen molar-refractivity contribution in [3.8, 4) is 0 Å². The third kappa shape index (κ3) is 4.94. The standard InChI is InChI=1S/C22H19FN2O3/c1-15-8-10-16(11-9-15)21(26)25-20(13-17-5-2-3-7-19(17)23)22(27)24-14-18-6-4-12-28-18/h2-13H,14H2,1H3,(H,24,27)(H,25,26)/b20-13-. The van der Waals surface area contributed by atoms with Crippen LogP contribution in [0.15, 0.2) is 77.0 Å². The molecular formula is C22H19FN2O3. The Bertz CT molecular complexity index is 993. The molecule has 0 bridgehead atoms. The highest BCUT2D eigenvalue weighted by Crippen LogP contribution is 2.12. The number of benzene rings is 2. The Morgan fingerprint density at radius 3 is 2.46 bits per heavy atom. The Morgan fingerprint density at radius 2 is 1.79 bits per heavy atom. The van der Waals surface area contributed by atoms with E-state index >= 15 is 0 Å². The molecule has 5 nitrogen and oxygen atoms in total. The van der Waals surface area contributed by atoms with Crippen molar-refractivity contribution >= 4 is 17.9 Å². The topological polar surface area (TPSA) is 71.3 Å². The van der Waals surface area contributed by atoms with Gasteiger partial charge in [0.15, 0.2) is 0 Å². The van der Waals surface area contributed by atoms with Crippen LogP contribution in [0.2, 0.25) is 0 Å². The van der Waals surface area contributed by atoms with Gasteiger partial charge in [0, 0.05) is 11.1 Å². The number of aryl methyl sites for hydroxylation is 1. The molecule has 6 heteroatoms. The van der Waals surface area contributed by atoms with E-state index in [-0.39, 0.29) is 17.8 Å². The van der Waals surface area contributed by atoms with E-state index in [4.69, 9.17) is 4.42 Å². The van der Waals surface area contributed by atoms with Gasteiger partial charge in [-0.2, -0.15) is 0 Å². The van der Waals surface area contributed by atoms with Crippen molar-refractivity contribution in [3.05, 3.63) is 101 Å². The molecule has 142 valence electrons. The van der Waals surface area contributed by atoms with E-state index < -0.39 is 17.6 Å². The Balaban J connectivity index is 1.83. The molecule has 0 spiro atoms. The average Bonchev–Trinajstić information content (AvgIpc) is 3.21. The van der Waals surface area contributed by atoms with Gasteiger partial charge >= 0.3 is 0 Å². The molecule has 2 amide bonds. The molecule has 28 heavy (non-hydrogen) atoms. The van der Waals surface area contributed by atoms with Crippen molar-refractivity contribution in [1.82, 2.24) is 10.6 Å². The molecule has 2 aromatic carbocycles. The van der Waals surface area contributed by atoms with E-state index in [0.29, 0.717) is 11.3 Å². The van der Waals surface area contributed by atoms with Crippen molar-refractivity contribution in [2.75, 3.05) is 0 Å². The maximum atomic E-state index is 14.0. The second kappa shape index (κ2) is 8.81. The number of carbonyl (C=O) groups is 2. The number of furan rings is 1. The lowest BCUT2D eigenvalue weighted by molar-refractivity contribution is -0.118. The fourth-order valence-corrected chi connectivity index (χ4v) is 2.48. The molecule has 0 saturated heterocycles. The zero-order valence-corrected chi connectivity index (χ0v) is 15.2. The zero-order chi connectivity index (χ0) is 19.9. The summed E-state index contributed by atoms with van der Waals surface area (Å²) in [6, 6.07) is 16.3. The molecule has 0 aliphatic rings. The maximum Gasteiger partial charge on any atom is 0.268 e. The second-order valence-corrected chi connectivity index (χ2v) is 6.16. The first-order valence-electron chi connectivity index (χ1n) is 8.68. The van der Waals surface area contributed by atoms with Gasteiger partial charge in [-0.1, -0.05) is 35.9 Å². The van der Waals surface area contributed by atoms with Gasteiger partial charge in [-0.3, -0.25) is 9.59 Å². The SMILES string of the molecule is Cc1ccc(C(=O)N/C(=C\c2ccccc2F)C(=O)NCc2ccco2)cc1. The summed E-state index contributed by atoms with van der Waals surface area (Å²) in [6.07, 6.45) is 2.80. The lowest BCUT2D eigenvalue weighted by Gasteiger charge is -2.11. The summed E-state index contributed by atoms with van der Waals surface area (Å²) in [7, 11) is 0. The van der Waals surface area contributed by atoms with Gasteiger partial charge < -0.3 is 15.1 Å². The van der Waals surface area contributed by atoms with E-state index in [0.717, 1.165) is 5.56 Å². The minimum Gasteiger partial charge on any atom is -0.467 e. The summed E-state index contributed by atoms with van der Waals surface area (Å²) in [5.74, 6) is -0.956. The van der Waals surface area contributed by atoms with Crippen LogP contribution in [0, 0.1) is 12.7 Å². The molecule has 0 radical (unpaired) electrons. The van der Waals surface area contributed by atoms with Crippen molar-refractivity contribution in [2.45, 2.75) is 13.5 Å². The minimum atomic E-state index is -0.555. The van der Waals surface area contributed by atoms with Crippen molar-refractivity contribution < 1.29 is 18.4 Å². The molecule has 3 aromatic rings. The fraction of sp³-hybridized carbons (Fsp3) is 0.0909. The Hall–Kier alpha value is -3.67. The number of halogens is 1. The Morgan fingerprint density at radius 1 is 1.04 bits per heavy atom. The van der Waals surface area contributed by atoms with Crippen LogP contribution in [0.25, 0.3) is 6.08 Å². The van der Waals surface area contributed by atoms with Crippen LogP contribution >= 0.6 is 0 Å². The molecule has 1 heterocycles. The summed E-state index contributed by atoms with van der Waals surface area (Å²) in [5.41, 5.74) is 1.52. The molecule has 0 unspecified atom stereocenters. The van der Waals surface area contributed by atoms with Crippen molar-refractivity contribution in [2.24, 2.45) is 0 Å². The van der Waals surface area contributed by atoms with Crippen LogP contribution in [-0.4, -0.2) is 11.8 Å². The van der Waals surface area contributed by atoms with Gasteiger partial charge in [0.1, 0.15) is 17.3 Å². The van der Waals surface area contributed by atoms with Crippen LogP contribution < -0.4 is 10.6 Å². The van der Waals surface area contributed by atoms with E-state index in [1.54, 1.807) is 48.5 Å². The number of amides is 2. The smallest absolute Gasteiger partial charge is 0.268 e. The normalized spacial score (nSPS) is 11.1. The summed E-state index contributed by atoms with van der Waals surface area (Å²) in [4.78, 5) is 25.2. The van der Waals surface area contributed by atoms with E-state index in [1.807, 2.05) is 6.92 Å². The first kappa shape index (κ1) is 19.1. The van der Waals surface area contributed by atoms with Crippen LogP contribution in [0.3, 0.4) is 0 Å². The number of rotatable bonds is 6. The lowest BCUT2D eigenvalue weighted by atomic mass is 10.1. The average molecular weight is 378 g/mol. The molecule has 0 aliphatic heterocycles. The lowest BCUT2D eigenvalue weighted by Crippen LogP contribution is -2.34. The van der Waals surface area contributed by atoms with Crippen LogP contribution in [0.5, 0.6) is 0 Å². The summed E-state index contributed by atoms with van der Waals surface area (Å²) in [5, 5.41) is 5.22. The molecule has 1 aromatic heterocycles. The molecule has 0 fully saturated rings. The fourth-order valence-electron chi connectivity index (χ4n) is 2.48. The summed E-state index contributed by atoms with van der Waals surface area (Å²) < 4.78 is 19.2. The third-order valence-electron chi connectivity index (χ3n) is 4.01. The highest BCUT2D eigenvalue weighted by Gasteiger charge is 2.15. The first-order chi connectivity index (χ1) is 13.5. The van der Waals surface area contributed by atoms with E-state index in [2.05, 4.69) is 10.6 Å². The van der Waals surface area contributed by atoms with Crippen LogP contribution in [0.1, 0.15) is 27.2 Å². The second-order valence-electron chi connectivity index (χ2n) is 6.16. The van der Waals surface area contributed by atoms with Gasteiger partial charge in [0.2, 0.25) is 0 Å². The van der Waals surface area contributed by atoms with Gasteiger partial charge in [0.25, 0.3) is 11.8 Å². The number of hydrogen-bond donors (Lipinski definition) is 2. The van der Waals surface area contributed by atoms with Crippen molar-refractivity contribution in [1.29, 1.82) is 0 Å². The largest absolute Gasteiger partial charge is 0.467 e. The summed E-state index contributed by atoms with van der Waals surface area (Å²) >= 11 is 0. The van der Waals surface area contributed by atoms with Gasteiger partial charge in [-0.25, -0.2) is 4.39 Å². The van der Waals surface area contributed by atoms with E-state index in [1.165, 1.54) is 24.5 Å². The maximum absolute atomic E-state index is 14.0. The Kier molecular flexibility index (Phi) is 6.01. The monoisotopic (exact) mass is 378 g/mol. The molecular weight excluding hydrogens is 359 g/mol. The summed E-state index contributed by atoms with van der Waals surface area (Å²) in [6.45, 7) is 2.05. The number of hydrogen-bond acceptors (Lipinski definition) is 3. The van der Waals surface area contributed by atoms with Crippen LogP contribution in [0.4, 0.5) is 4.39 Å². The molecule has 0 saturated carbocycles. The number of nitrogens with one attached hydrogen (secondary N) is 2. The van der Waals surface area contributed by atoms with E-state index in [9.17, 15) is 14.0 Å². The van der Waals surface area contributed by atoms with Gasteiger partial charge in [-0.05, 0) is 43.3 Å². The molecule has 3 rings (SSSR count). The van der Waals surface area contributed by atoms with Crippen molar-refractivity contribution in [3.63, 3.8) is 0 Å². The van der Waals surface area contributed by atoms with Gasteiger partial charge in [0.05, 0.1) is 12.8 Å². The molecule has 0 aliphatic carbocycles. The van der Waals surface area contributed by atoms with Gasteiger partial charge in [-0.15, -0.1) is 0 Å². The number of carbonyl (C=O) groups excluding carboxylic acids is 2. The quantitative estimate of drug-likeness (QED) is 0.641. The van der Waals surface area contributed by atoms with Crippen LogP contribution in [-0.2, 0) is 11.3 Å². The predicted octanol–water partition coefficient (Wildman–Crippen LogP) is 3.81. The third-order valence-corrected chi connectivity index (χ3v) is 4.01. The molecule has 0 atom stereocenters. The first-order valence-corrected chi connectivity index (χ1v) is 8.68. The predicted molar refractivity (Wildman–Crippen MR) is 104 cm³/mol. The zero-order valence-electron chi connectivity index (χ0n) is 15.2.